The van der Waals surface area contributed by atoms with Crippen LogP contribution >= 0.6 is 0 Å². The highest BCUT2D eigenvalue weighted by molar-refractivity contribution is 5.94. The van der Waals surface area contributed by atoms with E-state index in [0.29, 0.717) is 18.8 Å². The lowest BCUT2D eigenvalue weighted by atomic mass is 10.00. The summed E-state index contributed by atoms with van der Waals surface area (Å²) in [4.78, 5) is 12.6. The first kappa shape index (κ1) is 17.2. The van der Waals surface area contributed by atoms with E-state index in [9.17, 15) is 4.79 Å². The van der Waals surface area contributed by atoms with Crippen molar-refractivity contribution in [1.29, 1.82) is 0 Å². The third kappa shape index (κ3) is 4.11. The lowest BCUT2D eigenvalue weighted by Gasteiger charge is -2.26. The fraction of sp³-hybridized carbons (Fsp3) is 0.174. The maximum absolute atomic E-state index is 12.6. The number of amides is 1. The number of hydrogen-bond acceptors (Lipinski definition) is 3. The van der Waals surface area contributed by atoms with Gasteiger partial charge in [-0.3, -0.25) is 4.79 Å². The molecule has 4 heteroatoms. The lowest BCUT2D eigenvalue weighted by molar-refractivity contribution is 0.0924. The molecule has 3 aromatic rings. The van der Waals surface area contributed by atoms with Gasteiger partial charge in [-0.25, -0.2) is 0 Å². The normalized spacial score (nSPS) is 15.3. The number of fused-ring (bicyclic) bond motifs is 1. The second kappa shape index (κ2) is 7.96. The van der Waals surface area contributed by atoms with Gasteiger partial charge >= 0.3 is 0 Å². The van der Waals surface area contributed by atoms with E-state index in [1.54, 1.807) is 12.1 Å². The topological polar surface area (TPSA) is 47.6 Å². The predicted molar refractivity (Wildman–Crippen MR) is 104 cm³/mol. The Morgan fingerprint density at radius 3 is 2.52 bits per heavy atom. The molecule has 0 saturated heterocycles. The molecule has 0 aromatic heterocycles. The highest BCUT2D eigenvalue weighted by Gasteiger charge is 2.23. The van der Waals surface area contributed by atoms with E-state index in [2.05, 4.69) is 5.32 Å². The third-order valence-electron chi connectivity index (χ3n) is 4.63. The SMILES string of the molecule is O=C(N[C@H]1CCOc2ccccc21)c1ccc(OCc2ccccc2)cc1. The van der Waals surface area contributed by atoms with Crippen LogP contribution in [0.1, 0.15) is 33.9 Å². The highest BCUT2D eigenvalue weighted by atomic mass is 16.5. The Bertz CT molecular complexity index is 906. The summed E-state index contributed by atoms with van der Waals surface area (Å²) in [6.45, 7) is 1.11. The van der Waals surface area contributed by atoms with Gasteiger partial charge in [-0.05, 0) is 35.9 Å². The molecule has 0 saturated carbocycles. The molecule has 1 aliphatic rings. The molecule has 136 valence electrons. The van der Waals surface area contributed by atoms with Crippen LogP contribution in [-0.2, 0) is 6.61 Å². The number of rotatable bonds is 5. The van der Waals surface area contributed by atoms with Crippen LogP contribution in [0.15, 0.2) is 78.9 Å². The first-order valence-electron chi connectivity index (χ1n) is 9.09. The summed E-state index contributed by atoms with van der Waals surface area (Å²) in [7, 11) is 0. The van der Waals surface area contributed by atoms with E-state index in [1.807, 2.05) is 66.7 Å². The summed E-state index contributed by atoms with van der Waals surface area (Å²) in [5, 5.41) is 3.11. The number of benzene rings is 3. The summed E-state index contributed by atoms with van der Waals surface area (Å²) in [5.41, 5.74) is 2.75. The van der Waals surface area contributed by atoms with Crippen LogP contribution in [0.4, 0.5) is 0 Å². The quantitative estimate of drug-likeness (QED) is 0.729. The lowest BCUT2D eigenvalue weighted by Crippen LogP contribution is -2.32. The van der Waals surface area contributed by atoms with Gasteiger partial charge in [0.15, 0.2) is 0 Å². The zero-order valence-electron chi connectivity index (χ0n) is 14.9. The van der Waals surface area contributed by atoms with Crippen molar-refractivity contribution in [3.8, 4) is 11.5 Å². The summed E-state index contributed by atoms with van der Waals surface area (Å²) in [6.07, 6.45) is 0.765. The largest absolute Gasteiger partial charge is 0.493 e. The Kier molecular flexibility index (Phi) is 5.06. The van der Waals surface area contributed by atoms with Crippen molar-refractivity contribution < 1.29 is 14.3 Å². The second-order valence-electron chi connectivity index (χ2n) is 6.50. The van der Waals surface area contributed by atoms with Gasteiger partial charge in [0.05, 0.1) is 12.6 Å². The minimum atomic E-state index is -0.0914. The molecule has 1 atom stereocenters. The Hall–Kier alpha value is -3.27. The van der Waals surface area contributed by atoms with Crippen molar-refractivity contribution in [2.24, 2.45) is 0 Å². The van der Waals surface area contributed by atoms with E-state index in [0.717, 1.165) is 29.0 Å². The summed E-state index contributed by atoms with van der Waals surface area (Å²) in [6, 6.07) is 25.1. The summed E-state index contributed by atoms with van der Waals surface area (Å²) < 4.78 is 11.4. The first-order chi connectivity index (χ1) is 13.3. The molecule has 0 spiro atoms. The number of para-hydroxylation sites is 1. The number of nitrogens with one attached hydrogen (secondary N) is 1. The minimum Gasteiger partial charge on any atom is -0.493 e. The van der Waals surface area contributed by atoms with Gasteiger partial charge in [-0.2, -0.15) is 0 Å². The molecule has 0 bridgehead atoms. The number of ether oxygens (including phenoxy) is 2. The van der Waals surface area contributed by atoms with E-state index in [-0.39, 0.29) is 11.9 Å². The molecule has 27 heavy (non-hydrogen) atoms. The molecule has 1 aliphatic heterocycles. The van der Waals surface area contributed by atoms with Crippen LogP contribution in [0, 0.1) is 0 Å². The minimum absolute atomic E-state index is 0.0311. The van der Waals surface area contributed by atoms with Crippen molar-refractivity contribution in [3.05, 3.63) is 95.6 Å². The molecule has 4 rings (SSSR count). The first-order valence-corrected chi connectivity index (χ1v) is 9.09. The fourth-order valence-corrected chi connectivity index (χ4v) is 3.18. The van der Waals surface area contributed by atoms with Crippen LogP contribution < -0.4 is 14.8 Å². The molecule has 0 fully saturated rings. The maximum Gasteiger partial charge on any atom is 0.251 e. The van der Waals surface area contributed by atoms with Crippen molar-refractivity contribution in [1.82, 2.24) is 5.32 Å². The second-order valence-corrected chi connectivity index (χ2v) is 6.50. The van der Waals surface area contributed by atoms with Gasteiger partial charge in [0.25, 0.3) is 5.91 Å². The Labute approximate surface area is 158 Å². The standard InChI is InChI=1S/C23H21NO3/c25-23(24-21-14-15-26-22-9-5-4-8-20(21)22)18-10-12-19(13-11-18)27-16-17-6-2-1-3-7-17/h1-13,21H,14-16H2,(H,24,25)/t21-/m0/s1. The maximum atomic E-state index is 12.6. The Morgan fingerprint density at radius 1 is 0.963 bits per heavy atom. The number of hydrogen-bond donors (Lipinski definition) is 1. The van der Waals surface area contributed by atoms with Crippen LogP contribution in [0.25, 0.3) is 0 Å². The summed E-state index contributed by atoms with van der Waals surface area (Å²) >= 11 is 0. The van der Waals surface area contributed by atoms with Crippen molar-refractivity contribution in [2.45, 2.75) is 19.1 Å². The van der Waals surface area contributed by atoms with Crippen molar-refractivity contribution in [2.75, 3.05) is 6.61 Å². The van der Waals surface area contributed by atoms with E-state index in [4.69, 9.17) is 9.47 Å². The molecule has 0 radical (unpaired) electrons. The monoisotopic (exact) mass is 359 g/mol. The zero-order valence-corrected chi connectivity index (χ0v) is 14.9. The summed E-state index contributed by atoms with van der Waals surface area (Å²) in [5.74, 6) is 1.50. The molecule has 3 aromatic carbocycles. The van der Waals surface area contributed by atoms with Gasteiger partial charge in [-0.15, -0.1) is 0 Å². The van der Waals surface area contributed by atoms with E-state index < -0.39 is 0 Å². The predicted octanol–water partition coefficient (Wildman–Crippen LogP) is 4.52. The number of carbonyl (C=O) groups excluding carboxylic acids is 1. The highest BCUT2D eigenvalue weighted by Crippen LogP contribution is 2.31. The van der Waals surface area contributed by atoms with Crippen LogP contribution in [-0.4, -0.2) is 12.5 Å². The third-order valence-corrected chi connectivity index (χ3v) is 4.63. The van der Waals surface area contributed by atoms with E-state index in [1.165, 1.54) is 0 Å². The van der Waals surface area contributed by atoms with Gasteiger partial charge in [0, 0.05) is 17.5 Å². The fourth-order valence-electron chi connectivity index (χ4n) is 3.18. The average molecular weight is 359 g/mol. The molecule has 1 heterocycles. The van der Waals surface area contributed by atoms with Crippen molar-refractivity contribution >= 4 is 5.91 Å². The molecule has 0 unspecified atom stereocenters. The van der Waals surface area contributed by atoms with Gasteiger partial charge in [0.1, 0.15) is 18.1 Å². The van der Waals surface area contributed by atoms with Crippen LogP contribution in [0.2, 0.25) is 0 Å². The van der Waals surface area contributed by atoms with Gasteiger partial charge in [0.2, 0.25) is 0 Å². The van der Waals surface area contributed by atoms with Crippen molar-refractivity contribution in [3.63, 3.8) is 0 Å². The Morgan fingerprint density at radius 2 is 1.70 bits per heavy atom. The van der Waals surface area contributed by atoms with Crippen LogP contribution in [0.5, 0.6) is 11.5 Å². The Balaban J connectivity index is 1.38. The molecular formula is C23H21NO3. The molecule has 0 aliphatic carbocycles. The van der Waals surface area contributed by atoms with E-state index >= 15 is 0 Å². The molecule has 4 nitrogen and oxygen atoms in total. The average Bonchev–Trinajstić information content (AvgIpc) is 2.74. The molecular weight excluding hydrogens is 338 g/mol. The smallest absolute Gasteiger partial charge is 0.251 e. The van der Waals surface area contributed by atoms with Gasteiger partial charge < -0.3 is 14.8 Å². The number of carbonyl (C=O) groups is 1. The molecule has 1 N–H and O–H groups in total. The van der Waals surface area contributed by atoms with Crippen LogP contribution in [0.3, 0.4) is 0 Å². The molecule has 1 amide bonds. The van der Waals surface area contributed by atoms with Gasteiger partial charge in [-0.1, -0.05) is 48.5 Å². The zero-order chi connectivity index (χ0) is 18.5.